The third kappa shape index (κ3) is 4.22. The second kappa shape index (κ2) is 9.03. The molecule has 2 fully saturated rings. The van der Waals surface area contributed by atoms with Crippen LogP contribution >= 0.6 is 0 Å². The number of nitriles is 1. The summed E-state index contributed by atoms with van der Waals surface area (Å²) in [6.45, 7) is 5.26. The maximum atomic E-state index is 13.6. The van der Waals surface area contributed by atoms with Gasteiger partial charge in [-0.1, -0.05) is 18.2 Å². The molecule has 0 bridgehead atoms. The number of aliphatic hydroxyl groups is 1. The summed E-state index contributed by atoms with van der Waals surface area (Å²) in [4.78, 5) is 18.7. The Morgan fingerprint density at radius 3 is 2.38 bits per heavy atom. The fourth-order valence-corrected chi connectivity index (χ4v) is 5.23. The van der Waals surface area contributed by atoms with Crippen LogP contribution in [-0.2, 0) is 0 Å². The predicted octanol–water partition coefficient (Wildman–Crippen LogP) is 4.22. The Bertz CT molecular complexity index is 1240. The topological polar surface area (TPSA) is 106 Å². The normalized spacial score (nSPS) is 20.6. The van der Waals surface area contributed by atoms with Gasteiger partial charge < -0.3 is 15.0 Å². The Hall–Kier alpha value is -3.50. The van der Waals surface area contributed by atoms with E-state index >= 15 is 0 Å². The maximum absolute atomic E-state index is 13.6. The molecule has 1 aromatic heterocycles. The minimum atomic E-state index is -0.256. The number of hydrogen-bond acceptors (Lipinski definition) is 5. The summed E-state index contributed by atoms with van der Waals surface area (Å²) in [7, 11) is 0. The van der Waals surface area contributed by atoms with E-state index in [0.29, 0.717) is 36.0 Å². The molecule has 34 heavy (non-hydrogen) atoms. The van der Waals surface area contributed by atoms with E-state index in [-0.39, 0.29) is 17.9 Å². The minimum Gasteiger partial charge on any atom is -0.393 e. The Morgan fingerprint density at radius 1 is 1.09 bits per heavy atom. The SMILES string of the molecule is Cc1nnc(-c2cc(C(=O)N3CCC(c4ccc(C#N)cc4)CC3)c(C)cc2[C@H]2C[C@H](O)C2)[nH]1. The van der Waals surface area contributed by atoms with Gasteiger partial charge in [0.05, 0.1) is 17.7 Å². The molecular weight excluding hydrogens is 426 g/mol. The van der Waals surface area contributed by atoms with Crippen molar-refractivity contribution in [1.82, 2.24) is 20.1 Å². The Kier molecular flexibility index (Phi) is 5.93. The van der Waals surface area contributed by atoms with E-state index in [0.717, 1.165) is 48.2 Å². The summed E-state index contributed by atoms with van der Waals surface area (Å²) in [6.07, 6.45) is 3.02. The van der Waals surface area contributed by atoms with Gasteiger partial charge in [0.15, 0.2) is 5.82 Å². The zero-order chi connectivity index (χ0) is 23.8. The quantitative estimate of drug-likeness (QED) is 0.613. The maximum Gasteiger partial charge on any atom is 0.254 e. The zero-order valence-electron chi connectivity index (χ0n) is 19.6. The van der Waals surface area contributed by atoms with Crippen LogP contribution in [0.4, 0.5) is 0 Å². The second-order valence-corrected chi connectivity index (χ2v) is 9.64. The Labute approximate surface area is 199 Å². The van der Waals surface area contributed by atoms with Gasteiger partial charge in [-0.3, -0.25) is 4.79 Å². The van der Waals surface area contributed by atoms with Crippen molar-refractivity contribution in [2.24, 2.45) is 0 Å². The van der Waals surface area contributed by atoms with Crippen molar-refractivity contribution >= 4 is 5.91 Å². The summed E-state index contributed by atoms with van der Waals surface area (Å²) in [6, 6.07) is 14.0. The summed E-state index contributed by atoms with van der Waals surface area (Å²) in [5.74, 6) is 2.11. The van der Waals surface area contributed by atoms with Crippen molar-refractivity contribution in [1.29, 1.82) is 5.26 Å². The molecule has 2 heterocycles. The molecule has 2 N–H and O–H groups in total. The van der Waals surface area contributed by atoms with Gasteiger partial charge in [0.25, 0.3) is 5.91 Å². The predicted molar refractivity (Wildman–Crippen MR) is 128 cm³/mol. The lowest BCUT2D eigenvalue weighted by atomic mass is 9.75. The van der Waals surface area contributed by atoms with Crippen LogP contribution in [0.25, 0.3) is 11.4 Å². The summed E-state index contributed by atoms with van der Waals surface area (Å²) >= 11 is 0. The van der Waals surface area contributed by atoms with Gasteiger partial charge in [-0.25, -0.2) is 0 Å². The molecule has 0 spiro atoms. The molecular formula is C27H29N5O2. The average Bonchev–Trinajstić information content (AvgIpc) is 3.27. The van der Waals surface area contributed by atoms with E-state index in [2.05, 4.69) is 27.3 Å². The number of aromatic amines is 1. The molecule has 1 saturated carbocycles. The van der Waals surface area contributed by atoms with E-state index in [1.54, 1.807) is 0 Å². The van der Waals surface area contributed by atoms with Gasteiger partial charge in [-0.2, -0.15) is 5.26 Å². The first kappa shape index (κ1) is 22.3. The highest BCUT2D eigenvalue weighted by Crippen LogP contribution is 2.42. The van der Waals surface area contributed by atoms with E-state index in [1.807, 2.05) is 49.1 Å². The van der Waals surface area contributed by atoms with Crippen LogP contribution in [0.3, 0.4) is 0 Å². The van der Waals surface area contributed by atoms with Crippen LogP contribution in [0.2, 0.25) is 0 Å². The second-order valence-electron chi connectivity index (χ2n) is 9.64. The lowest BCUT2D eigenvalue weighted by Gasteiger charge is -2.34. The van der Waals surface area contributed by atoms with E-state index in [9.17, 15) is 9.90 Å². The number of nitrogens with one attached hydrogen (secondary N) is 1. The summed E-state index contributed by atoms with van der Waals surface area (Å²) in [5.41, 5.74) is 5.58. The minimum absolute atomic E-state index is 0.0495. The standard InChI is InChI=1S/C27H29N5O2/c1-16-11-24(21-12-22(33)13-21)25(26-29-17(2)30-31-26)14-23(16)27(34)32-9-7-20(8-10-32)19-5-3-18(15-28)4-6-19/h3-6,11,14,20-22,33H,7-10,12-13H2,1-2H3,(H,29,30,31)/t21-,22-. The molecule has 2 aromatic carbocycles. The zero-order valence-corrected chi connectivity index (χ0v) is 19.6. The van der Waals surface area contributed by atoms with Crippen LogP contribution < -0.4 is 0 Å². The molecule has 1 saturated heterocycles. The first-order valence-electron chi connectivity index (χ1n) is 11.9. The smallest absolute Gasteiger partial charge is 0.254 e. The fourth-order valence-electron chi connectivity index (χ4n) is 5.23. The molecule has 3 aromatic rings. The van der Waals surface area contributed by atoms with Crippen LogP contribution in [0.15, 0.2) is 36.4 Å². The van der Waals surface area contributed by atoms with Crippen molar-refractivity contribution in [2.75, 3.05) is 13.1 Å². The number of aromatic nitrogens is 3. The number of benzene rings is 2. The third-order valence-corrected chi connectivity index (χ3v) is 7.33. The molecule has 0 radical (unpaired) electrons. The molecule has 7 heteroatoms. The number of nitrogens with zero attached hydrogens (tertiary/aromatic N) is 4. The number of rotatable bonds is 4. The molecule has 5 rings (SSSR count). The monoisotopic (exact) mass is 455 g/mol. The molecule has 0 atom stereocenters. The summed E-state index contributed by atoms with van der Waals surface area (Å²) < 4.78 is 0. The number of aryl methyl sites for hydroxylation is 2. The third-order valence-electron chi connectivity index (χ3n) is 7.33. The van der Waals surface area contributed by atoms with Gasteiger partial charge in [0.2, 0.25) is 0 Å². The Morgan fingerprint density at radius 2 is 1.79 bits per heavy atom. The molecule has 7 nitrogen and oxygen atoms in total. The van der Waals surface area contributed by atoms with Crippen LogP contribution in [-0.4, -0.2) is 50.3 Å². The number of hydrogen-bond donors (Lipinski definition) is 2. The highest BCUT2D eigenvalue weighted by atomic mass is 16.3. The Balaban J connectivity index is 1.37. The average molecular weight is 456 g/mol. The lowest BCUT2D eigenvalue weighted by Crippen LogP contribution is -2.38. The lowest BCUT2D eigenvalue weighted by molar-refractivity contribution is 0.0708. The number of amides is 1. The number of carbonyl (C=O) groups excluding carboxylic acids is 1. The van der Waals surface area contributed by atoms with Crippen molar-refractivity contribution in [2.45, 2.75) is 57.5 Å². The van der Waals surface area contributed by atoms with Gasteiger partial charge in [0.1, 0.15) is 5.82 Å². The van der Waals surface area contributed by atoms with E-state index in [4.69, 9.17) is 5.26 Å². The molecule has 2 aliphatic rings. The van der Waals surface area contributed by atoms with Crippen molar-refractivity contribution in [3.8, 4) is 17.5 Å². The van der Waals surface area contributed by atoms with Gasteiger partial charge in [0, 0.05) is 24.2 Å². The van der Waals surface area contributed by atoms with Crippen LogP contribution in [0.1, 0.15) is 76.0 Å². The van der Waals surface area contributed by atoms with Gasteiger partial charge in [-0.05, 0) is 86.3 Å². The molecule has 0 unspecified atom stereocenters. The van der Waals surface area contributed by atoms with E-state index in [1.165, 1.54) is 5.56 Å². The van der Waals surface area contributed by atoms with Crippen molar-refractivity contribution in [3.63, 3.8) is 0 Å². The van der Waals surface area contributed by atoms with Crippen molar-refractivity contribution < 1.29 is 9.90 Å². The van der Waals surface area contributed by atoms with E-state index < -0.39 is 0 Å². The highest BCUT2D eigenvalue weighted by Gasteiger charge is 2.33. The highest BCUT2D eigenvalue weighted by molar-refractivity contribution is 5.97. The fraction of sp³-hybridized carbons (Fsp3) is 0.407. The van der Waals surface area contributed by atoms with Gasteiger partial charge in [-0.15, -0.1) is 10.2 Å². The largest absolute Gasteiger partial charge is 0.393 e. The molecule has 1 amide bonds. The first-order valence-corrected chi connectivity index (χ1v) is 11.9. The molecule has 1 aliphatic heterocycles. The number of aliphatic hydroxyl groups excluding tert-OH is 1. The van der Waals surface area contributed by atoms with Crippen molar-refractivity contribution in [3.05, 3.63) is 70.0 Å². The first-order chi connectivity index (χ1) is 16.4. The summed E-state index contributed by atoms with van der Waals surface area (Å²) in [5, 5.41) is 27.3. The molecule has 1 aliphatic carbocycles. The number of likely N-dealkylation sites (tertiary alicyclic amines) is 1. The number of H-pyrrole nitrogens is 1. The van der Waals surface area contributed by atoms with Gasteiger partial charge >= 0.3 is 0 Å². The van der Waals surface area contributed by atoms with Crippen LogP contribution in [0, 0.1) is 25.2 Å². The molecule has 174 valence electrons. The number of piperidine rings is 1. The number of carbonyl (C=O) groups is 1. The van der Waals surface area contributed by atoms with Crippen LogP contribution in [0.5, 0.6) is 0 Å².